The maximum Gasteiger partial charge on any atom is 0.191 e. The molecule has 1 aromatic carbocycles. The number of aromatic nitrogens is 2. The molecule has 0 amide bonds. The molecule has 94 valence electrons. The summed E-state index contributed by atoms with van der Waals surface area (Å²) in [6.45, 7) is 0. The van der Waals surface area contributed by atoms with Crippen molar-refractivity contribution in [3.8, 4) is 0 Å². The number of rotatable bonds is 4. The van der Waals surface area contributed by atoms with Crippen molar-refractivity contribution in [1.29, 1.82) is 0 Å². The van der Waals surface area contributed by atoms with Crippen molar-refractivity contribution >= 4 is 40.7 Å². The Hall–Kier alpha value is -1.46. The molecule has 0 aliphatic carbocycles. The number of halogens is 1. The molecule has 0 saturated carbocycles. The van der Waals surface area contributed by atoms with E-state index < -0.39 is 0 Å². The van der Waals surface area contributed by atoms with Gasteiger partial charge in [-0.25, -0.2) is 9.97 Å². The lowest BCUT2D eigenvalue weighted by atomic mass is 10.3. The van der Waals surface area contributed by atoms with Crippen molar-refractivity contribution in [2.45, 2.75) is 5.16 Å². The van der Waals surface area contributed by atoms with Gasteiger partial charge in [-0.05, 0) is 24.5 Å². The summed E-state index contributed by atoms with van der Waals surface area (Å²) in [4.78, 5) is 8.69. The van der Waals surface area contributed by atoms with Crippen molar-refractivity contribution in [3.63, 3.8) is 0 Å². The fraction of sp³-hybridized carbons (Fsp3) is 0.167. The number of hydrogen-bond acceptors (Lipinski definition) is 5. The number of benzene rings is 1. The van der Waals surface area contributed by atoms with Crippen LogP contribution in [0.15, 0.2) is 35.5 Å². The molecule has 0 atom stereocenters. The smallest absolute Gasteiger partial charge is 0.191 e. The van der Waals surface area contributed by atoms with E-state index >= 15 is 0 Å². The van der Waals surface area contributed by atoms with Crippen molar-refractivity contribution < 1.29 is 0 Å². The zero-order chi connectivity index (χ0) is 13.0. The van der Waals surface area contributed by atoms with Crippen LogP contribution < -0.4 is 10.6 Å². The van der Waals surface area contributed by atoms with Gasteiger partial charge in [0.2, 0.25) is 0 Å². The molecule has 2 aromatic rings. The molecule has 1 heterocycles. The number of anilines is 3. The molecule has 0 aliphatic rings. The molecule has 0 bridgehead atoms. The third-order valence-corrected chi connectivity index (χ3v) is 3.02. The minimum atomic E-state index is 0.688. The highest BCUT2D eigenvalue weighted by Crippen LogP contribution is 2.22. The fourth-order valence-electron chi connectivity index (χ4n) is 1.42. The lowest BCUT2D eigenvalue weighted by molar-refractivity contribution is 0.977. The predicted octanol–water partition coefficient (Wildman–Crippen LogP) is 3.64. The van der Waals surface area contributed by atoms with E-state index in [0.717, 1.165) is 17.3 Å². The average molecular weight is 281 g/mol. The van der Waals surface area contributed by atoms with Crippen molar-refractivity contribution in [3.05, 3.63) is 35.4 Å². The van der Waals surface area contributed by atoms with Crippen molar-refractivity contribution in [1.82, 2.24) is 9.97 Å². The van der Waals surface area contributed by atoms with E-state index in [-0.39, 0.29) is 0 Å². The van der Waals surface area contributed by atoms with E-state index in [4.69, 9.17) is 11.6 Å². The van der Waals surface area contributed by atoms with Gasteiger partial charge in [-0.2, -0.15) is 0 Å². The van der Waals surface area contributed by atoms with Crippen LogP contribution in [0, 0.1) is 0 Å². The number of thioether (sulfide) groups is 1. The van der Waals surface area contributed by atoms with E-state index in [0.29, 0.717) is 10.2 Å². The normalized spacial score (nSPS) is 10.2. The van der Waals surface area contributed by atoms with Gasteiger partial charge < -0.3 is 10.6 Å². The van der Waals surface area contributed by atoms with Crippen LogP contribution in [0.1, 0.15) is 0 Å². The van der Waals surface area contributed by atoms with E-state index in [9.17, 15) is 0 Å². The van der Waals surface area contributed by atoms with Gasteiger partial charge in [0.05, 0.1) is 0 Å². The minimum Gasteiger partial charge on any atom is -0.373 e. The summed E-state index contributed by atoms with van der Waals surface area (Å²) in [5.41, 5.74) is 0.898. The Morgan fingerprint density at radius 2 is 1.94 bits per heavy atom. The highest BCUT2D eigenvalue weighted by atomic mass is 35.5. The first-order valence-corrected chi connectivity index (χ1v) is 6.95. The topological polar surface area (TPSA) is 49.8 Å². The van der Waals surface area contributed by atoms with E-state index in [2.05, 4.69) is 20.6 Å². The van der Waals surface area contributed by atoms with Crippen LogP contribution in [-0.4, -0.2) is 23.3 Å². The minimum absolute atomic E-state index is 0.688. The first kappa shape index (κ1) is 13.0. The first-order valence-electron chi connectivity index (χ1n) is 5.34. The lowest BCUT2D eigenvalue weighted by Crippen LogP contribution is -2.00. The summed E-state index contributed by atoms with van der Waals surface area (Å²) in [6, 6.07) is 9.35. The van der Waals surface area contributed by atoms with Crippen LogP contribution in [0.3, 0.4) is 0 Å². The van der Waals surface area contributed by atoms with Gasteiger partial charge in [-0.15, -0.1) is 0 Å². The van der Waals surface area contributed by atoms with Crippen LogP contribution in [0.2, 0.25) is 5.02 Å². The molecule has 0 fully saturated rings. The zero-order valence-corrected chi connectivity index (χ0v) is 11.6. The highest BCUT2D eigenvalue weighted by Gasteiger charge is 2.03. The molecular formula is C12H13ClN4S. The zero-order valence-electron chi connectivity index (χ0n) is 10.1. The maximum atomic E-state index is 5.94. The number of nitrogens with one attached hydrogen (secondary N) is 2. The second-order valence-corrected chi connectivity index (χ2v) is 4.72. The van der Waals surface area contributed by atoms with E-state index in [1.807, 2.05) is 43.6 Å². The lowest BCUT2D eigenvalue weighted by Gasteiger charge is -2.09. The second kappa shape index (κ2) is 5.93. The molecule has 18 heavy (non-hydrogen) atoms. The Balaban J connectivity index is 2.28. The van der Waals surface area contributed by atoms with Gasteiger partial charge in [0.15, 0.2) is 5.16 Å². The largest absolute Gasteiger partial charge is 0.373 e. The van der Waals surface area contributed by atoms with Crippen molar-refractivity contribution in [2.24, 2.45) is 0 Å². The molecule has 0 radical (unpaired) electrons. The SMILES string of the molecule is CNc1cc(Nc2cccc(Cl)c2)nc(SC)n1. The quantitative estimate of drug-likeness (QED) is 0.661. The Morgan fingerprint density at radius 1 is 1.17 bits per heavy atom. The van der Waals surface area contributed by atoms with Gasteiger partial charge in [-0.1, -0.05) is 29.4 Å². The van der Waals surface area contributed by atoms with Crippen LogP contribution in [0.4, 0.5) is 17.3 Å². The maximum absolute atomic E-state index is 5.94. The summed E-state index contributed by atoms with van der Waals surface area (Å²) in [5.74, 6) is 1.51. The van der Waals surface area contributed by atoms with Crippen LogP contribution in [-0.2, 0) is 0 Å². The summed E-state index contributed by atoms with van der Waals surface area (Å²) >= 11 is 7.44. The molecular weight excluding hydrogens is 268 g/mol. The molecule has 2 N–H and O–H groups in total. The summed E-state index contributed by atoms with van der Waals surface area (Å²) < 4.78 is 0. The van der Waals surface area contributed by atoms with Crippen LogP contribution in [0.5, 0.6) is 0 Å². The van der Waals surface area contributed by atoms with E-state index in [1.54, 1.807) is 0 Å². The third kappa shape index (κ3) is 3.27. The van der Waals surface area contributed by atoms with Gasteiger partial charge in [0.25, 0.3) is 0 Å². The Bertz CT molecular complexity index is 525. The monoisotopic (exact) mass is 280 g/mol. The van der Waals surface area contributed by atoms with Crippen LogP contribution in [0.25, 0.3) is 0 Å². The molecule has 0 spiro atoms. The molecule has 0 unspecified atom stereocenters. The summed E-state index contributed by atoms with van der Waals surface area (Å²) in [6.07, 6.45) is 1.94. The van der Waals surface area contributed by atoms with Gasteiger partial charge in [0.1, 0.15) is 11.6 Å². The molecule has 0 aliphatic heterocycles. The van der Waals surface area contributed by atoms with Gasteiger partial charge in [-0.3, -0.25) is 0 Å². The number of hydrogen-bond donors (Lipinski definition) is 2. The standard InChI is InChI=1S/C12H13ClN4S/c1-14-10-7-11(17-12(16-10)18-2)15-9-5-3-4-8(13)6-9/h3-7H,1-2H3,(H2,14,15,16,17). The predicted molar refractivity (Wildman–Crippen MR) is 78.1 cm³/mol. The second-order valence-electron chi connectivity index (χ2n) is 3.51. The Labute approximate surface area is 115 Å². The third-order valence-electron chi connectivity index (χ3n) is 2.24. The first-order chi connectivity index (χ1) is 8.71. The van der Waals surface area contributed by atoms with Gasteiger partial charge in [0, 0.05) is 23.8 Å². The Kier molecular flexibility index (Phi) is 4.28. The summed E-state index contributed by atoms with van der Waals surface area (Å²) in [5, 5.41) is 7.62. The Morgan fingerprint density at radius 3 is 2.61 bits per heavy atom. The van der Waals surface area contributed by atoms with E-state index in [1.165, 1.54) is 11.8 Å². The molecule has 6 heteroatoms. The molecule has 2 rings (SSSR count). The molecule has 0 saturated heterocycles. The molecule has 4 nitrogen and oxygen atoms in total. The van der Waals surface area contributed by atoms with Crippen molar-refractivity contribution in [2.75, 3.05) is 23.9 Å². The average Bonchev–Trinajstić information content (AvgIpc) is 2.38. The molecule has 1 aromatic heterocycles. The van der Waals surface area contributed by atoms with Crippen LogP contribution >= 0.6 is 23.4 Å². The highest BCUT2D eigenvalue weighted by molar-refractivity contribution is 7.98. The summed E-state index contributed by atoms with van der Waals surface area (Å²) in [7, 11) is 1.83. The fourth-order valence-corrected chi connectivity index (χ4v) is 1.99. The number of nitrogens with zero attached hydrogens (tertiary/aromatic N) is 2. The van der Waals surface area contributed by atoms with Gasteiger partial charge >= 0.3 is 0 Å².